The first kappa shape index (κ1) is 11.5. The lowest BCUT2D eigenvalue weighted by Gasteiger charge is -2.39. The first-order valence-electron chi connectivity index (χ1n) is 5.76. The van der Waals surface area contributed by atoms with Crippen LogP contribution < -0.4 is 5.73 Å². The molecule has 1 heterocycles. The molecule has 0 radical (unpaired) electrons. The Balaban J connectivity index is 1.97. The van der Waals surface area contributed by atoms with Gasteiger partial charge in [-0.1, -0.05) is 5.16 Å². The first-order valence-corrected chi connectivity index (χ1v) is 5.76. The second-order valence-corrected chi connectivity index (χ2v) is 4.70. The van der Waals surface area contributed by atoms with Gasteiger partial charge in [-0.25, -0.2) is 0 Å². The van der Waals surface area contributed by atoms with Crippen LogP contribution >= 0.6 is 0 Å². The van der Waals surface area contributed by atoms with Gasteiger partial charge < -0.3 is 15.0 Å². The number of hydrogen-bond donors (Lipinski definition) is 1. The number of nitrogens with zero attached hydrogens (tertiary/aromatic N) is 2. The Morgan fingerprint density at radius 2 is 2.31 bits per heavy atom. The van der Waals surface area contributed by atoms with Gasteiger partial charge >= 0.3 is 0 Å². The van der Waals surface area contributed by atoms with Crippen LogP contribution in [0.2, 0.25) is 0 Å². The highest BCUT2D eigenvalue weighted by molar-refractivity contribution is 4.99. The van der Waals surface area contributed by atoms with Crippen LogP contribution in [0.15, 0.2) is 4.52 Å². The van der Waals surface area contributed by atoms with E-state index in [1.807, 2.05) is 6.92 Å². The van der Waals surface area contributed by atoms with Gasteiger partial charge in [0, 0.05) is 19.6 Å². The van der Waals surface area contributed by atoms with E-state index in [0.717, 1.165) is 19.3 Å². The summed E-state index contributed by atoms with van der Waals surface area (Å²) in [5, 5.41) is 3.91. The number of aromatic nitrogens is 2. The molecule has 2 rings (SSSR count). The normalized spacial score (nSPS) is 20.4. The monoisotopic (exact) mass is 225 g/mol. The van der Waals surface area contributed by atoms with Crippen LogP contribution in [0.3, 0.4) is 0 Å². The van der Waals surface area contributed by atoms with E-state index in [4.69, 9.17) is 15.0 Å². The van der Waals surface area contributed by atoms with Crippen molar-refractivity contribution in [1.82, 2.24) is 10.1 Å². The van der Waals surface area contributed by atoms with Crippen LogP contribution in [0.4, 0.5) is 0 Å². The van der Waals surface area contributed by atoms with Crippen LogP contribution in [0.25, 0.3) is 0 Å². The fourth-order valence-electron chi connectivity index (χ4n) is 2.03. The summed E-state index contributed by atoms with van der Waals surface area (Å²) in [5.74, 6) is 1.35. The van der Waals surface area contributed by atoms with Crippen LogP contribution in [-0.2, 0) is 17.6 Å². The molecule has 1 aromatic rings. The third-order valence-corrected chi connectivity index (χ3v) is 3.19. The Morgan fingerprint density at radius 1 is 1.56 bits per heavy atom. The molecular weight excluding hydrogens is 206 g/mol. The highest BCUT2D eigenvalue weighted by Gasteiger charge is 2.38. The molecule has 5 heteroatoms. The first-order chi connectivity index (χ1) is 7.63. The molecule has 0 bridgehead atoms. The van der Waals surface area contributed by atoms with Crippen LogP contribution in [0.1, 0.15) is 37.9 Å². The SMILES string of the molecule is COC1(Cc2nc(CC(C)N)no2)CCC1. The molecule has 2 N–H and O–H groups in total. The van der Waals surface area contributed by atoms with Gasteiger partial charge in [0.2, 0.25) is 5.89 Å². The zero-order chi connectivity index (χ0) is 11.6. The Labute approximate surface area is 95.3 Å². The van der Waals surface area contributed by atoms with Gasteiger partial charge in [0.15, 0.2) is 5.82 Å². The topological polar surface area (TPSA) is 74.2 Å². The summed E-state index contributed by atoms with van der Waals surface area (Å²) >= 11 is 0. The van der Waals surface area contributed by atoms with Gasteiger partial charge in [-0.3, -0.25) is 0 Å². The maximum atomic E-state index is 5.68. The quantitative estimate of drug-likeness (QED) is 0.811. The highest BCUT2D eigenvalue weighted by atomic mass is 16.5. The molecule has 1 fully saturated rings. The number of nitrogens with two attached hydrogens (primary N) is 1. The summed E-state index contributed by atoms with van der Waals surface area (Å²) in [5.41, 5.74) is 5.62. The maximum absolute atomic E-state index is 5.68. The standard InChI is InChI=1S/C11H19N3O2/c1-8(12)6-9-13-10(16-14-9)7-11(15-2)4-3-5-11/h8H,3-7,12H2,1-2H3. The molecule has 16 heavy (non-hydrogen) atoms. The van der Waals surface area contributed by atoms with Crippen molar-refractivity contribution in [2.24, 2.45) is 5.73 Å². The summed E-state index contributed by atoms with van der Waals surface area (Å²) in [4.78, 5) is 4.33. The van der Waals surface area contributed by atoms with Gasteiger partial charge in [0.1, 0.15) is 0 Å². The van der Waals surface area contributed by atoms with Crippen molar-refractivity contribution in [2.45, 2.75) is 50.7 Å². The molecule has 1 saturated carbocycles. The van der Waals surface area contributed by atoms with Crippen molar-refractivity contribution in [1.29, 1.82) is 0 Å². The fourth-order valence-corrected chi connectivity index (χ4v) is 2.03. The molecule has 90 valence electrons. The van der Waals surface area contributed by atoms with E-state index in [1.165, 1.54) is 6.42 Å². The number of ether oxygens (including phenoxy) is 1. The Bertz CT molecular complexity index is 339. The summed E-state index contributed by atoms with van der Waals surface area (Å²) in [6, 6.07) is 0.0607. The van der Waals surface area contributed by atoms with Crippen molar-refractivity contribution in [3.63, 3.8) is 0 Å². The van der Waals surface area contributed by atoms with Gasteiger partial charge in [0.05, 0.1) is 12.0 Å². The molecule has 0 aromatic carbocycles. The Hall–Kier alpha value is -0.940. The maximum Gasteiger partial charge on any atom is 0.229 e. The van der Waals surface area contributed by atoms with Crippen LogP contribution in [0, 0.1) is 0 Å². The average Bonchev–Trinajstić information content (AvgIpc) is 2.58. The zero-order valence-corrected chi connectivity index (χ0v) is 9.90. The van der Waals surface area contributed by atoms with E-state index in [2.05, 4.69) is 10.1 Å². The van der Waals surface area contributed by atoms with Crippen LogP contribution in [0.5, 0.6) is 0 Å². The lowest BCUT2D eigenvalue weighted by Crippen LogP contribution is -2.41. The molecule has 5 nitrogen and oxygen atoms in total. The van der Waals surface area contributed by atoms with Gasteiger partial charge in [-0.2, -0.15) is 4.98 Å². The third-order valence-electron chi connectivity index (χ3n) is 3.19. The van der Waals surface area contributed by atoms with Crippen molar-refractivity contribution in [3.05, 3.63) is 11.7 Å². The van der Waals surface area contributed by atoms with Gasteiger partial charge in [-0.15, -0.1) is 0 Å². The van der Waals surface area contributed by atoms with E-state index in [9.17, 15) is 0 Å². The lowest BCUT2D eigenvalue weighted by molar-refractivity contribution is -0.0751. The molecule has 1 aromatic heterocycles. The van der Waals surface area contributed by atoms with Gasteiger partial charge in [-0.05, 0) is 26.2 Å². The molecular formula is C11H19N3O2. The summed E-state index contributed by atoms with van der Waals surface area (Å²) in [6.07, 6.45) is 4.75. The molecule has 1 aliphatic rings. The minimum Gasteiger partial charge on any atom is -0.378 e. The summed E-state index contributed by atoms with van der Waals surface area (Å²) < 4.78 is 10.7. The number of rotatable bonds is 5. The van der Waals surface area contributed by atoms with E-state index in [1.54, 1.807) is 7.11 Å². The largest absolute Gasteiger partial charge is 0.378 e. The molecule has 0 aliphatic heterocycles. The van der Waals surface area contributed by atoms with Crippen molar-refractivity contribution < 1.29 is 9.26 Å². The van der Waals surface area contributed by atoms with Crippen molar-refractivity contribution >= 4 is 0 Å². The minimum absolute atomic E-state index is 0.0574. The molecule has 1 atom stereocenters. The van der Waals surface area contributed by atoms with E-state index in [-0.39, 0.29) is 11.6 Å². The predicted molar refractivity (Wildman–Crippen MR) is 58.9 cm³/mol. The smallest absolute Gasteiger partial charge is 0.229 e. The second-order valence-electron chi connectivity index (χ2n) is 4.70. The number of hydrogen-bond acceptors (Lipinski definition) is 5. The fraction of sp³-hybridized carbons (Fsp3) is 0.818. The van der Waals surface area contributed by atoms with Crippen molar-refractivity contribution in [3.8, 4) is 0 Å². The Kier molecular flexibility index (Phi) is 3.25. The molecule has 0 amide bonds. The minimum atomic E-state index is -0.0574. The van der Waals surface area contributed by atoms with Gasteiger partial charge in [0.25, 0.3) is 0 Å². The second kappa shape index (κ2) is 4.51. The summed E-state index contributed by atoms with van der Waals surface area (Å²) in [7, 11) is 1.75. The summed E-state index contributed by atoms with van der Waals surface area (Å²) in [6.45, 7) is 1.93. The molecule has 1 aliphatic carbocycles. The van der Waals surface area contributed by atoms with Crippen molar-refractivity contribution in [2.75, 3.05) is 7.11 Å². The molecule has 0 spiro atoms. The average molecular weight is 225 g/mol. The highest BCUT2D eigenvalue weighted by Crippen LogP contribution is 2.37. The van der Waals surface area contributed by atoms with E-state index >= 15 is 0 Å². The predicted octanol–water partition coefficient (Wildman–Crippen LogP) is 1.07. The molecule has 0 saturated heterocycles. The Morgan fingerprint density at radius 3 is 2.81 bits per heavy atom. The molecule has 1 unspecified atom stereocenters. The zero-order valence-electron chi connectivity index (χ0n) is 9.90. The van der Waals surface area contributed by atoms with E-state index < -0.39 is 0 Å². The van der Waals surface area contributed by atoms with E-state index in [0.29, 0.717) is 18.1 Å². The third kappa shape index (κ3) is 2.41. The lowest BCUT2D eigenvalue weighted by atomic mass is 9.77. The van der Waals surface area contributed by atoms with Crippen LogP contribution in [-0.4, -0.2) is 28.9 Å². The number of methoxy groups -OCH3 is 1.